The lowest BCUT2D eigenvalue weighted by Gasteiger charge is -2.15. The number of rotatable bonds is 12. The van der Waals surface area contributed by atoms with E-state index < -0.39 is 0 Å². The van der Waals surface area contributed by atoms with Gasteiger partial charge in [-0.1, -0.05) is 51.9 Å². The Bertz CT molecular complexity index is 122. The molecule has 0 amide bonds. The van der Waals surface area contributed by atoms with Crippen molar-refractivity contribution in [1.29, 1.82) is 0 Å². The van der Waals surface area contributed by atoms with Crippen LogP contribution in [0.4, 0.5) is 0 Å². The fraction of sp³-hybridized carbons (Fsp3) is 1.00. The molecule has 0 aliphatic heterocycles. The molecule has 0 aromatic heterocycles. The van der Waals surface area contributed by atoms with Crippen LogP contribution in [0.1, 0.15) is 71.6 Å². The molecule has 1 nitrogen and oxygen atoms in total. The summed E-state index contributed by atoms with van der Waals surface area (Å²) in [5.41, 5.74) is 0. The molecule has 0 rings (SSSR count). The first-order chi connectivity index (χ1) is 7.85. The summed E-state index contributed by atoms with van der Waals surface area (Å²) in [7, 11) is 0. The zero-order valence-corrected chi connectivity index (χ0v) is 11.9. The van der Waals surface area contributed by atoms with E-state index in [2.05, 4.69) is 13.8 Å². The predicted molar refractivity (Wildman–Crippen MR) is 73.4 cm³/mol. The van der Waals surface area contributed by atoms with Crippen LogP contribution in [0.2, 0.25) is 0 Å². The minimum absolute atomic E-state index is 0.401. The number of alkyl halides is 1. The molecule has 0 aliphatic carbocycles. The molecular formula is C14H29ClO. The minimum Gasteiger partial charge on any atom is -0.378 e. The molecule has 0 saturated heterocycles. The molecule has 0 spiro atoms. The molecule has 0 N–H and O–H groups in total. The van der Waals surface area contributed by atoms with Gasteiger partial charge in [-0.05, 0) is 19.8 Å². The molecule has 0 fully saturated rings. The van der Waals surface area contributed by atoms with Gasteiger partial charge in [-0.15, -0.1) is 11.6 Å². The Labute approximate surface area is 107 Å². The van der Waals surface area contributed by atoms with Crippen molar-refractivity contribution in [2.24, 2.45) is 0 Å². The van der Waals surface area contributed by atoms with Gasteiger partial charge in [0, 0.05) is 12.5 Å². The van der Waals surface area contributed by atoms with E-state index >= 15 is 0 Å². The van der Waals surface area contributed by atoms with Crippen LogP contribution in [0.15, 0.2) is 0 Å². The first-order valence-electron chi connectivity index (χ1n) is 7.02. The Kier molecular flexibility index (Phi) is 13.5. The summed E-state index contributed by atoms with van der Waals surface area (Å²) < 4.78 is 5.64. The summed E-state index contributed by atoms with van der Waals surface area (Å²) >= 11 is 5.75. The largest absolute Gasteiger partial charge is 0.378 e. The summed E-state index contributed by atoms with van der Waals surface area (Å²) in [6.07, 6.45) is 12.2. The first-order valence-corrected chi connectivity index (χ1v) is 7.56. The van der Waals surface area contributed by atoms with Gasteiger partial charge in [-0.3, -0.25) is 0 Å². The van der Waals surface area contributed by atoms with Gasteiger partial charge in [-0.25, -0.2) is 0 Å². The standard InChI is InChI=1S/C14H29ClO/c1-3-5-6-7-8-9-10-11-14(12-13-15)16-4-2/h14H,3-13H2,1-2H3. The lowest BCUT2D eigenvalue weighted by molar-refractivity contribution is 0.0529. The third kappa shape index (κ3) is 10.8. The van der Waals surface area contributed by atoms with Crippen LogP contribution in [-0.2, 0) is 4.74 Å². The molecule has 0 radical (unpaired) electrons. The van der Waals surface area contributed by atoms with Gasteiger partial charge in [0.05, 0.1) is 6.10 Å². The van der Waals surface area contributed by atoms with E-state index in [9.17, 15) is 0 Å². The second-order valence-electron chi connectivity index (χ2n) is 4.47. The van der Waals surface area contributed by atoms with Crippen molar-refractivity contribution in [1.82, 2.24) is 0 Å². The topological polar surface area (TPSA) is 9.23 Å². The van der Waals surface area contributed by atoms with E-state index in [1.807, 2.05) is 0 Å². The smallest absolute Gasteiger partial charge is 0.0586 e. The quantitative estimate of drug-likeness (QED) is 0.342. The number of hydrogen-bond acceptors (Lipinski definition) is 1. The molecule has 0 heterocycles. The van der Waals surface area contributed by atoms with E-state index in [0.29, 0.717) is 6.10 Å². The lowest BCUT2D eigenvalue weighted by Crippen LogP contribution is -2.13. The Morgan fingerprint density at radius 2 is 1.50 bits per heavy atom. The summed E-state index contributed by atoms with van der Waals surface area (Å²) in [5, 5.41) is 0. The SMILES string of the molecule is CCCCCCCCCC(CCCl)OCC. The lowest BCUT2D eigenvalue weighted by atomic mass is 10.1. The molecule has 1 unspecified atom stereocenters. The average Bonchev–Trinajstić information content (AvgIpc) is 2.28. The molecule has 0 aliphatic rings. The third-order valence-corrected chi connectivity index (χ3v) is 3.18. The molecule has 16 heavy (non-hydrogen) atoms. The van der Waals surface area contributed by atoms with E-state index in [0.717, 1.165) is 18.9 Å². The van der Waals surface area contributed by atoms with E-state index in [4.69, 9.17) is 16.3 Å². The summed E-state index contributed by atoms with van der Waals surface area (Å²) in [6.45, 7) is 5.14. The van der Waals surface area contributed by atoms with Gasteiger partial charge in [0.1, 0.15) is 0 Å². The normalized spacial score (nSPS) is 12.9. The fourth-order valence-electron chi connectivity index (χ4n) is 2.00. The number of hydrogen-bond donors (Lipinski definition) is 0. The molecule has 2 heteroatoms. The summed E-state index contributed by atoms with van der Waals surface area (Å²) in [5.74, 6) is 0.723. The van der Waals surface area contributed by atoms with Crippen LogP contribution in [0, 0.1) is 0 Å². The van der Waals surface area contributed by atoms with Crippen molar-refractivity contribution >= 4 is 11.6 Å². The highest BCUT2D eigenvalue weighted by molar-refractivity contribution is 6.17. The van der Waals surface area contributed by atoms with Crippen molar-refractivity contribution in [2.45, 2.75) is 77.7 Å². The zero-order valence-electron chi connectivity index (χ0n) is 11.1. The van der Waals surface area contributed by atoms with Crippen LogP contribution in [0.5, 0.6) is 0 Å². The first kappa shape index (κ1) is 16.2. The average molecular weight is 249 g/mol. The van der Waals surface area contributed by atoms with Crippen molar-refractivity contribution in [3.63, 3.8) is 0 Å². The highest BCUT2D eigenvalue weighted by Crippen LogP contribution is 2.13. The Morgan fingerprint density at radius 3 is 2.06 bits per heavy atom. The van der Waals surface area contributed by atoms with Crippen molar-refractivity contribution < 1.29 is 4.74 Å². The van der Waals surface area contributed by atoms with Crippen molar-refractivity contribution in [3.05, 3.63) is 0 Å². The molecule has 0 aromatic rings. The minimum atomic E-state index is 0.401. The van der Waals surface area contributed by atoms with Crippen LogP contribution >= 0.6 is 11.6 Å². The number of halogens is 1. The van der Waals surface area contributed by atoms with Gasteiger partial charge >= 0.3 is 0 Å². The molecule has 98 valence electrons. The number of ether oxygens (including phenoxy) is 1. The molecule has 0 aromatic carbocycles. The van der Waals surface area contributed by atoms with Gasteiger partial charge in [0.25, 0.3) is 0 Å². The van der Waals surface area contributed by atoms with Crippen LogP contribution < -0.4 is 0 Å². The molecule has 0 saturated carbocycles. The van der Waals surface area contributed by atoms with Crippen LogP contribution in [0.25, 0.3) is 0 Å². The fourth-order valence-corrected chi connectivity index (χ4v) is 2.24. The van der Waals surface area contributed by atoms with Crippen molar-refractivity contribution in [3.8, 4) is 0 Å². The second kappa shape index (κ2) is 13.3. The summed E-state index contributed by atoms with van der Waals surface area (Å²) in [6, 6.07) is 0. The maximum Gasteiger partial charge on any atom is 0.0586 e. The molecule has 0 bridgehead atoms. The Morgan fingerprint density at radius 1 is 0.875 bits per heavy atom. The second-order valence-corrected chi connectivity index (χ2v) is 4.84. The Balaban J connectivity index is 3.25. The van der Waals surface area contributed by atoms with E-state index in [1.54, 1.807) is 0 Å². The van der Waals surface area contributed by atoms with Gasteiger partial charge in [0.15, 0.2) is 0 Å². The van der Waals surface area contributed by atoms with Crippen molar-refractivity contribution in [2.75, 3.05) is 12.5 Å². The maximum absolute atomic E-state index is 5.75. The highest BCUT2D eigenvalue weighted by Gasteiger charge is 2.06. The van der Waals surface area contributed by atoms with Crippen LogP contribution in [0.3, 0.4) is 0 Å². The Hall–Kier alpha value is 0.250. The van der Waals surface area contributed by atoms with E-state index in [-0.39, 0.29) is 0 Å². The highest BCUT2D eigenvalue weighted by atomic mass is 35.5. The number of unbranched alkanes of at least 4 members (excludes halogenated alkanes) is 6. The van der Waals surface area contributed by atoms with Gasteiger partial charge < -0.3 is 4.74 Å². The van der Waals surface area contributed by atoms with Gasteiger partial charge in [-0.2, -0.15) is 0 Å². The maximum atomic E-state index is 5.75. The third-order valence-electron chi connectivity index (χ3n) is 2.96. The predicted octanol–water partition coefficient (Wildman–Crippen LogP) is 5.16. The van der Waals surface area contributed by atoms with E-state index in [1.165, 1.54) is 51.4 Å². The van der Waals surface area contributed by atoms with Gasteiger partial charge in [0.2, 0.25) is 0 Å². The zero-order chi connectivity index (χ0) is 12.1. The van der Waals surface area contributed by atoms with Crippen LogP contribution in [-0.4, -0.2) is 18.6 Å². The monoisotopic (exact) mass is 248 g/mol. The molecular weight excluding hydrogens is 220 g/mol. The molecule has 1 atom stereocenters. The summed E-state index contributed by atoms with van der Waals surface area (Å²) in [4.78, 5) is 0.